The van der Waals surface area contributed by atoms with E-state index in [1.54, 1.807) is 49.4 Å². The van der Waals surface area contributed by atoms with Gasteiger partial charge in [-0.3, -0.25) is 4.72 Å². The van der Waals surface area contributed by atoms with Gasteiger partial charge >= 0.3 is 6.03 Å². The van der Waals surface area contributed by atoms with Crippen LogP contribution in [0.3, 0.4) is 0 Å². The summed E-state index contributed by atoms with van der Waals surface area (Å²) < 4.78 is 27.6. The van der Waals surface area contributed by atoms with Gasteiger partial charge in [-0.1, -0.05) is 23.8 Å². The quantitative estimate of drug-likeness (QED) is 0.691. The van der Waals surface area contributed by atoms with Crippen LogP contribution in [0.4, 0.5) is 16.2 Å². The summed E-state index contributed by atoms with van der Waals surface area (Å²) in [5.41, 5.74) is 2.65. The van der Waals surface area contributed by atoms with E-state index in [9.17, 15) is 13.2 Å². The summed E-state index contributed by atoms with van der Waals surface area (Å²) in [6.45, 7) is 7.55. The minimum atomic E-state index is -3.67. The minimum absolute atomic E-state index is 0.240. The summed E-state index contributed by atoms with van der Waals surface area (Å²) in [6.07, 6.45) is 1.57. The van der Waals surface area contributed by atoms with Crippen LogP contribution in [-0.4, -0.2) is 21.0 Å². The lowest BCUT2D eigenvalue weighted by molar-refractivity contribution is 0.253. The molecule has 0 aromatic heterocycles. The number of amides is 2. The van der Waals surface area contributed by atoms with Crippen molar-refractivity contribution in [3.05, 3.63) is 66.2 Å². The van der Waals surface area contributed by atoms with E-state index in [0.717, 1.165) is 5.56 Å². The smallest absolute Gasteiger partial charge is 0.319 e. The molecule has 0 saturated heterocycles. The molecule has 0 unspecified atom stereocenters. The van der Waals surface area contributed by atoms with Crippen molar-refractivity contribution in [2.45, 2.75) is 18.7 Å². The second-order valence-electron chi connectivity index (χ2n) is 5.58. The first-order chi connectivity index (χ1) is 11.8. The van der Waals surface area contributed by atoms with Crippen molar-refractivity contribution in [2.75, 3.05) is 16.6 Å². The molecule has 0 aliphatic carbocycles. The van der Waals surface area contributed by atoms with Crippen LogP contribution in [0.5, 0.6) is 0 Å². The zero-order valence-corrected chi connectivity index (χ0v) is 15.0. The SMILES string of the molecule is C=CCNC(=O)Nc1ccc(NS(=O)(=O)c2ccc(C)cc2C)cc1. The standard InChI is InChI=1S/C18H21N3O3S/c1-4-11-19-18(22)20-15-6-8-16(9-7-15)21-25(23,24)17-10-5-13(2)12-14(17)3/h4-10,12,21H,1,11H2,2-3H3,(H2,19,20,22). The van der Waals surface area contributed by atoms with Crippen molar-refractivity contribution < 1.29 is 13.2 Å². The Kier molecular flexibility index (Phi) is 5.82. The molecule has 2 rings (SSSR count). The highest BCUT2D eigenvalue weighted by molar-refractivity contribution is 7.92. The molecule has 0 bridgehead atoms. The molecule has 7 heteroatoms. The van der Waals surface area contributed by atoms with Gasteiger partial charge in [0, 0.05) is 17.9 Å². The molecule has 2 aromatic carbocycles. The van der Waals surface area contributed by atoms with E-state index < -0.39 is 10.0 Å². The van der Waals surface area contributed by atoms with Crippen LogP contribution in [0.25, 0.3) is 0 Å². The van der Waals surface area contributed by atoms with E-state index in [1.807, 2.05) is 13.0 Å². The maximum absolute atomic E-state index is 12.5. The zero-order valence-electron chi connectivity index (χ0n) is 14.2. The third-order valence-corrected chi connectivity index (χ3v) is 4.96. The molecule has 3 N–H and O–H groups in total. The lowest BCUT2D eigenvalue weighted by Crippen LogP contribution is -2.28. The number of sulfonamides is 1. The number of anilines is 2. The topological polar surface area (TPSA) is 87.3 Å². The fraction of sp³-hybridized carbons (Fsp3) is 0.167. The van der Waals surface area contributed by atoms with Crippen molar-refractivity contribution >= 4 is 27.4 Å². The molecule has 0 heterocycles. The number of rotatable bonds is 6. The molecule has 0 aliphatic heterocycles. The first-order valence-electron chi connectivity index (χ1n) is 7.68. The summed E-state index contributed by atoms with van der Waals surface area (Å²) in [5, 5.41) is 5.23. The third kappa shape index (κ3) is 5.09. The van der Waals surface area contributed by atoms with Gasteiger partial charge in [-0.25, -0.2) is 13.2 Å². The highest BCUT2D eigenvalue weighted by atomic mass is 32.2. The molecule has 2 amide bonds. The predicted molar refractivity (Wildman–Crippen MR) is 100 cm³/mol. The summed E-state index contributed by atoms with van der Waals surface area (Å²) in [7, 11) is -3.67. The summed E-state index contributed by atoms with van der Waals surface area (Å²) in [4.78, 5) is 11.8. The number of hydrogen-bond acceptors (Lipinski definition) is 3. The van der Waals surface area contributed by atoms with Gasteiger partial charge in [0.25, 0.3) is 10.0 Å². The molecule has 132 valence electrons. The number of carbonyl (C=O) groups excluding carboxylic acids is 1. The van der Waals surface area contributed by atoms with Gasteiger partial charge in [-0.15, -0.1) is 6.58 Å². The van der Waals surface area contributed by atoms with E-state index in [0.29, 0.717) is 23.5 Å². The second kappa shape index (κ2) is 7.85. The number of nitrogens with one attached hydrogen (secondary N) is 3. The van der Waals surface area contributed by atoms with Gasteiger partial charge in [-0.05, 0) is 49.7 Å². The normalized spacial score (nSPS) is 10.8. The van der Waals surface area contributed by atoms with Gasteiger partial charge in [-0.2, -0.15) is 0 Å². The van der Waals surface area contributed by atoms with Crippen molar-refractivity contribution in [2.24, 2.45) is 0 Å². The number of benzene rings is 2. The molecule has 0 fully saturated rings. The predicted octanol–water partition coefficient (Wildman–Crippen LogP) is 3.41. The number of carbonyl (C=O) groups is 1. The van der Waals surface area contributed by atoms with Gasteiger partial charge in [0.15, 0.2) is 0 Å². The first-order valence-corrected chi connectivity index (χ1v) is 9.16. The summed E-state index contributed by atoms with van der Waals surface area (Å²) in [5.74, 6) is 0. The van der Waals surface area contributed by atoms with Crippen LogP contribution in [-0.2, 0) is 10.0 Å². The van der Waals surface area contributed by atoms with E-state index >= 15 is 0 Å². The lowest BCUT2D eigenvalue weighted by Gasteiger charge is -2.12. The summed E-state index contributed by atoms with van der Waals surface area (Å²) in [6, 6.07) is 11.2. The Bertz CT molecular complexity index is 875. The molecule has 0 saturated carbocycles. The Morgan fingerprint density at radius 3 is 2.32 bits per heavy atom. The van der Waals surface area contributed by atoms with Gasteiger partial charge < -0.3 is 10.6 Å². The highest BCUT2D eigenvalue weighted by Crippen LogP contribution is 2.21. The van der Waals surface area contributed by atoms with E-state index in [1.165, 1.54) is 0 Å². The maximum Gasteiger partial charge on any atom is 0.319 e. The van der Waals surface area contributed by atoms with Gasteiger partial charge in [0.05, 0.1) is 4.90 Å². The molecule has 0 atom stereocenters. The Labute approximate surface area is 148 Å². The minimum Gasteiger partial charge on any atom is -0.334 e. The summed E-state index contributed by atoms with van der Waals surface area (Å²) >= 11 is 0. The number of aryl methyl sites for hydroxylation is 2. The van der Waals surface area contributed by atoms with E-state index in [2.05, 4.69) is 21.9 Å². The Morgan fingerprint density at radius 1 is 1.08 bits per heavy atom. The fourth-order valence-corrected chi connectivity index (χ4v) is 3.56. The van der Waals surface area contributed by atoms with E-state index in [4.69, 9.17) is 0 Å². The largest absolute Gasteiger partial charge is 0.334 e. The lowest BCUT2D eigenvalue weighted by atomic mass is 10.2. The van der Waals surface area contributed by atoms with Crippen LogP contribution in [0.2, 0.25) is 0 Å². The van der Waals surface area contributed by atoms with Crippen LogP contribution in [0, 0.1) is 13.8 Å². The third-order valence-electron chi connectivity index (χ3n) is 3.42. The van der Waals surface area contributed by atoms with Crippen LogP contribution in [0.15, 0.2) is 60.0 Å². The van der Waals surface area contributed by atoms with Crippen molar-refractivity contribution in [1.29, 1.82) is 0 Å². The zero-order chi connectivity index (χ0) is 18.4. The molecule has 25 heavy (non-hydrogen) atoms. The van der Waals surface area contributed by atoms with Crippen LogP contribution in [0.1, 0.15) is 11.1 Å². The van der Waals surface area contributed by atoms with Crippen molar-refractivity contribution in [3.8, 4) is 0 Å². The Balaban J connectivity index is 2.09. The Hall–Kier alpha value is -2.80. The fourth-order valence-electron chi connectivity index (χ4n) is 2.27. The molecule has 0 radical (unpaired) electrons. The van der Waals surface area contributed by atoms with Crippen LogP contribution >= 0.6 is 0 Å². The number of hydrogen-bond donors (Lipinski definition) is 3. The number of urea groups is 1. The highest BCUT2D eigenvalue weighted by Gasteiger charge is 2.16. The van der Waals surface area contributed by atoms with Crippen LogP contribution < -0.4 is 15.4 Å². The molecule has 2 aromatic rings. The second-order valence-corrected chi connectivity index (χ2v) is 7.23. The van der Waals surface area contributed by atoms with Gasteiger partial charge in [0.2, 0.25) is 0 Å². The average molecular weight is 359 g/mol. The molecule has 0 spiro atoms. The molecular formula is C18H21N3O3S. The molecule has 6 nitrogen and oxygen atoms in total. The monoisotopic (exact) mass is 359 g/mol. The molecular weight excluding hydrogens is 338 g/mol. The Morgan fingerprint density at radius 2 is 1.72 bits per heavy atom. The van der Waals surface area contributed by atoms with E-state index in [-0.39, 0.29) is 10.9 Å². The first kappa shape index (κ1) is 18.5. The maximum atomic E-state index is 12.5. The average Bonchev–Trinajstić information content (AvgIpc) is 2.54. The van der Waals surface area contributed by atoms with Gasteiger partial charge in [0.1, 0.15) is 0 Å². The van der Waals surface area contributed by atoms with Crippen molar-refractivity contribution in [1.82, 2.24) is 5.32 Å². The van der Waals surface area contributed by atoms with Crippen molar-refractivity contribution in [3.63, 3.8) is 0 Å². The molecule has 0 aliphatic rings.